The average molecular weight is 380 g/mol. The fraction of sp³-hybridized carbons (Fsp3) is 0.444. The van der Waals surface area contributed by atoms with E-state index in [0.717, 1.165) is 37.5 Å². The second-order valence-corrected chi connectivity index (χ2v) is 7.96. The van der Waals surface area contributed by atoms with Crippen LogP contribution >= 0.6 is 22.9 Å². The first-order chi connectivity index (χ1) is 12.1. The molecule has 7 heteroatoms. The highest BCUT2D eigenvalue weighted by Gasteiger charge is 2.33. The largest absolute Gasteiger partial charge is 0.302 e. The van der Waals surface area contributed by atoms with Crippen LogP contribution in [0, 0.1) is 11.7 Å². The Morgan fingerprint density at radius 2 is 2.04 bits per heavy atom. The highest BCUT2D eigenvalue weighted by atomic mass is 35.5. The molecule has 1 amide bonds. The van der Waals surface area contributed by atoms with Crippen molar-refractivity contribution in [3.8, 4) is 11.3 Å². The van der Waals surface area contributed by atoms with Crippen LogP contribution in [0.5, 0.6) is 0 Å². The number of aromatic nitrogens is 1. The molecular formula is C18H19ClFN3OS. The summed E-state index contributed by atoms with van der Waals surface area (Å²) in [4.78, 5) is 19.4. The van der Waals surface area contributed by atoms with Gasteiger partial charge in [-0.05, 0) is 57.0 Å². The molecule has 0 radical (unpaired) electrons. The molecule has 1 aromatic heterocycles. The Labute approximate surface area is 155 Å². The maximum Gasteiger partial charge on any atom is 0.229 e. The number of rotatable bonds is 4. The molecule has 1 aliphatic heterocycles. The molecule has 2 aromatic rings. The second-order valence-electron chi connectivity index (χ2n) is 6.70. The lowest BCUT2D eigenvalue weighted by Crippen LogP contribution is -2.39. The van der Waals surface area contributed by atoms with Gasteiger partial charge in [0.1, 0.15) is 5.82 Å². The van der Waals surface area contributed by atoms with Crippen molar-refractivity contribution in [2.45, 2.75) is 31.7 Å². The van der Waals surface area contributed by atoms with Gasteiger partial charge in [0, 0.05) is 22.9 Å². The molecule has 0 unspecified atom stereocenters. The van der Waals surface area contributed by atoms with Gasteiger partial charge in [-0.25, -0.2) is 9.37 Å². The Hall–Kier alpha value is -1.50. The summed E-state index contributed by atoms with van der Waals surface area (Å²) < 4.78 is 13.3. The van der Waals surface area contributed by atoms with E-state index in [1.54, 1.807) is 12.1 Å². The van der Waals surface area contributed by atoms with Gasteiger partial charge < -0.3 is 10.2 Å². The number of piperidine rings is 1. The lowest BCUT2D eigenvalue weighted by Gasteiger charge is -2.31. The highest BCUT2D eigenvalue weighted by Crippen LogP contribution is 2.32. The first kappa shape index (κ1) is 16.9. The van der Waals surface area contributed by atoms with Crippen LogP contribution < -0.4 is 5.32 Å². The lowest BCUT2D eigenvalue weighted by atomic mass is 9.96. The van der Waals surface area contributed by atoms with E-state index in [2.05, 4.69) is 15.2 Å². The monoisotopic (exact) mass is 379 g/mol. The molecular weight excluding hydrogens is 361 g/mol. The van der Waals surface area contributed by atoms with Crippen molar-refractivity contribution in [3.05, 3.63) is 34.4 Å². The predicted octanol–water partition coefficient (Wildman–Crippen LogP) is 4.42. The van der Waals surface area contributed by atoms with Crippen LogP contribution in [0.2, 0.25) is 5.02 Å². The van der Waals surface area contributed by atoms with Crippen molar-refractivity contribution in [2.24, 2.45) is 5.92 Å². The molecule has 1 saturated carbocycles. The molecule has 25 heavy (non-hydrogen) atoms. The van der Waals surface area contributed by atoms with E-state index in [9.17, 15) is 9.18 Å². The van der Waals surface area contributed by atoms with Gasteiger partial charge in [0.2, 0.25) is 5.91 Å². The number of amides is 1. The number of likely N-dealkylation sites (tertiary alicyclic amines) is 1. The molecule has 1 aromatic carbocycles. The average Bonchev–Trinajstić information content (AvgIpc) is 3.37. The molecule has 0 atom stereocenters. The van der Waals surface area contributed by atoms with Gasteiger partial charge in [-0.1, -0.05) is 11.6 Å². The summed E-state index contributed by atoms with van der Waals surface area (Å²) in [5.41, 5.74) is 1.42. The smallest absolute Gasteiger partial charge is 0.229 e. The van der Waals surface area contributed by atoms with E-state index in [-0.39, 0.29) is 16.8 Å². The summed E-state index contributed by atoms with van der Waals surface area (Å²) in [6.45, 7) is 2.03. The number of hydrogen-bond acceptors (Lipinski definition) is 4. The summed E-state index contributed by atoms with van der Waals surface area (Å²) in [5.74, 6) is -0.345. The van der Waals surface area contributed by atoms with E-state index < -0.39 is 5.82 Å². The van der Waals surface area contributed by atoms with Crippen LogP contribution in [-0.2, 0) is 4.79 Å². The minimum absolute atomic E-state index is 0.0495. The molecule has 1 aliphatic carbocycles. The number of halogens is 2. The Kier molecular flexibility index (Phi) is 4.75. The normalized spacial score (nSPS) is 19.1. The zero-order chi connectivity index (χ0) is 17.4. The molecule has 1 saturated heterocycles. The molecule has 2 fully saturated rings. The van der Waals surface area contributed by atoms with Crippen LogP contribution in [-0.4, -0.2) is 34.9 Å². The maximum absolute atomic E-state index is 13.3. The van der Waals surface area contributed by atoms with E-state index >= 15 is 0 Å². The van der Waals surface area contributed by atoms with Crippen LogP contribution in [0.1, 0.15) is 25.7 Å². The molecule has 2 heterocycles. The fourth-order valence-corrected chi connectivity index (χ4v) is 4.20. The summed E-state index contributed by atoms with van der Waals surface area (Å²) in [7, 11) is 0. The first-order valence-corrected chi connectivity index (χ1v) is 9.82. The highest BCUT2D eigenvalue weighted by molar-refractivity contribution is 7.14. The van der Waals surface area contributed by atoms with Gasteiger partial charge in [0.25, 0.3) is 0 Å². The molecule has 2 aliphatic rings. The van der Waals surface area contributed by atoms with Gasteiger partial charge in [-0.3, -0.25) is 4.79 Å². The molecule has 4 rings (SSSR count). The third-order valence-corrected chi connectivity index (χ3v) is 5.96. The van der Waals surface area contributed by atoms with Crippen molar-refractivity contribution in [1.29, 1.82) is 0 Å². The maximum atomic E-state index is 13.3. The topological polar surface area (TPSA) is 45.2 Å². The van der Waals surface area contributed by atoms with Crippen molar-refractivity contribution in [2.75, 3.05) is 18.4 Å². The number of carbonyl (C=O) groups excluding carboxylic acids is 1. The van der Waals surface area contributed by atoms with E-state index in [0.29, 0.717) is 10.8 Å². The lowest BCUT2D eigenvalue weighted by molar-refractivity contribution is -0.121. The van der Waals surface area contributed by atoms with Gasteiger partial charge >= 0.3 is 0 Å². The van der Waals surface area contributed by atoms with Gasteiger partial charge in [0.15, 0.2) is 5.13 Å². The molecule has 0 bridgehead atoms. The zero-order valence-corrected chi connectivity index (χ0v) is 15.2. The molecule has 1 N–H and O–H groups in total. The summed E-state index contributed by atoms with van der Waals surface area (Å²) in [6.07, 6.45) is 4.45. The fourth-order valence-electron chi connectivity index (χ4n) is 3.29. The Morgan fingerprint density at radius 1 is 1.28 bits per heavy atom. The third kappa shape index (κ3) is 3.86. The third-order valence-electron chi connectivity index (χ3n) is 4.91. The minimum atomic E-state index is -0.452. The van der Waals surface area contributed by atoms with Gasteiger partial charge in [0.05, 0.1) is 10.7 Å². The number of hydrogen-bond donors (Lipinski definition) is 1. The number of carbonyl (C=O) groups is 1. The van der Waals surface area contributed by atoms with E-state index in [1.165, 1.54) is 30.2 Å². The Bertz CT molecular complexity index is 784. The summed E-state index contributed by atoms with van der Waals surface area (Å²) in [6, 6.07) is 5.27. The first-order valence-electron chi connectivity index (χ1n) is 8.56. The quantitative estimate of drug-likeness (QED) is 0.855. The van der Waals surface area contributed by atoms with E-state index in [1.807, 2.05) is 5.38 Å². The van der Waals surface area contributed by atoms with Crippen molar-refractivity contribution < 1.29 is 9.18 Å². The number of benzene rings is 1. The van der Waals surface area contributed by atoms with Crippen LogP contribution in [0.25, 0.3) is 11.3 Å². The van der Waals surface area contributed by atoms with Crippen molar-refractivity contribution >= 4 is 34.0 Å². The Morgan fingerprint density at radius 3 is 2.72 bits per heavy atom. The molecule has 4 nitrogen and oxygen atoms in total. The molecule has 0 spiro atoms. The van der Waals surface area contributed by atoms with Crippen LogP contribution in [0.15, 0.2) is 23.6 Å². The number of thiazole rings is 1. The van der Waals surface area contributed by atoms with Gasteiger partial charge in [-0.15, -0.1) is 11.3 Å². The number of nitrogens with zero attached hydrogens (tertiary/aromatic N) is 2. The van der Waals surface area contributed by atoms with E-state index in [4.69, 9.17) is 11.6 Å². The second kappa shape index (κ2) is 7.02. The minimum Gasteiger partial charge on any atom is -0.302 e. The standard InChI is InChI=1S/C18H19ClFN3OS/c19-14-9-12(1-4-15(14)20)16-10-25-18(21-16)22-17(24)11-5-7-23(8-6-11)13-2-3-13/h1,4,9-11,13H,2-3,5-8H2,(H,21,22,24). The summed E-state index contributed by atoms with van der Waals surface area (Å²) >= 11 is 7.19. The number of nitrogens with one attached hydrogen (secondary N) is 1. The zero-order valence-electron chi connectivity index (χ0n) is 13.7. The Balaban J connectivity index is 1.37. The molecule has 132 valence electrons. The van der Waals surface area contributed by atoms with Crippen molar-refractivity contribution in [3.63, 3.8) is 0 Å². The van der Waals surface area contributed by atoms with Gasteiger partial charge in [-0.2, -0.15) is 0 Å². The SMILES string of the molecule is O=C(Nc1nc(-c2ccc(F)c(Cl)c2)cs1)C1CCN(C2CC2)CC1. The van der Waals surface area contributed by atoms with Crippen LogP contribution in [0.4, 0.5) is 9.52 Å². The number of anilines is 1. The summed E-state index contributed by atoms with van der Waals surface area (Å²) in [5, 5.41) is 5.41. The van der Waals surface area contributed by atoms with Crippen molar-refractivity contribution in [1.82, 2.24) is 9.88 Å². The predicted molar refractivity (Wildman–Crippen MR) is 98.5 cm³/mol. The van der Waals surface area contributed by atoms with Crippen LogP contribution in [0.3, 0.4) is 0 Å².